The van der Waals surface area contributed by atoms with Gasteiger partial charge in [0.15, 0.2) is 0 Å². The number of carbonyl (C=O) groups is 2. The lowest BCUT2D eigenvalue weighted by Gasteiger charge is -2.07. The van der Waals surface area contributed by atoms with Crippen molar-refractivity contribution in [3.05, 3.63) is 29.8 Å². The van der Waals surface area contributed by atoms with E-state index in [1.807, 2.05) is 24.3 Å². The maximum Gasteiger partial charge on any atom is 0.229 e. The third-order valence-electron chi connectivity index (χ3n) is 2.82. The fourth-order valence-corrected chi connectivity index (χ4v) is 1.66. The summed E-state index contributed by atoms with van der Waals surface area (Å²) in [5, 5.41) is 5.37. The summed E-state index contributed by atoms with van der Waals surface area (Å²) >= 11 is 0. The molecule has 0 unspecified atom stereocenters. The van der Waals surface area contributed by atoms with Gasteiger partial charge in [-0.2, -0.15) is 0 Å². The number of nitrogens with one attached hydrogen (secondary N) is 2. The van der Waals surface area contributed by atoms with Crippen molar-refractivity contribution in [2.24, 2.45) is 0 Å². The monoisotopic (exact) mass is 294 g/mol. The molecule has 0 saturated carbocycles. The third kappa shape index (κ3) is 7.31. The maximum atomic E-state index is 11.6. The van der Waals surface area contributed by atoms with Crippen molar-refractivity contribution < 1.29 is 19.1 Å². The first kappa shape index (κ1) is 17.0. The highest BCUT2D eigenvalue weighted by atomic mass is 16.5. The van der Waals surface area contributed by atoms with Crippen molar-refractivity contribution >= 4 is 11.8 Å². The summed E-state index contributed by atoms with van der Waals surface area (Å²) in [5.41, 5.74) is 0.949. The molecule has 116 valence electrons. The molecule has 0 radical (unpaired) electrons. The molecule has 0 bridgehead atoms. The molecule has 1 aromatic carbocycles. The molecule has 6 nitrogen and oxygen atoms in total. The van der Waals surface area contributed by atoms with Gasteiger partial charge >= 0.3 is 0 Å². The molecule has 0 spiro atoms. The first-order valence-corrected chi connectivity index (χ1v) is 6.81. The molecule has 0 saturated heterocycles. The van der Waals surface area contributed by atoms with Gasteiger partial charge < -0.3 is 20.1 Å². The Morgan fingerprint density at radius 2 is 1.71 bits per heavy atom. The van der Waals surface area contributed by atoms with Gasteiger partial charge in [-0.25, -0.2) is 0 Å². The molecule has 1 rings (SSSR count). The quantitative estimate of drug-likeness (QED) is 0.523. The van der Waals surface area contributed by atoms with Gasteiger partial charge in [0.1, 0.15) is 12.2 Å². The molecule has 0 aromatic heterocycles. The van der Waals surface area contributed by atoms with Crippen molar-refractivity contribution in [3.8, 4) is 5.75 Å². The molecule has 0 fully saturated rings. The van der Waals surface area contributed by atoms with Crippen LogP contribution in [-0.4, -0.2) is 39.2 Å². The van der Waals surface area contributed by atoms with Crippen LogP contribution in [0.25, 0.3) is 0 Å². The van der Waals surface area contributed by atoms with Crippen LogP contribution in [0, 0.1) is 0 Å². The zero-order valence-electron chi connectivity index (χ0n) is 12.5. The van der Waals surface area contributed by atoms with Gasteiger partial charge in [0.25, 0.3) is 0 Å². The van der Waals surface area contributed by atoms with E-state index < -0.39 is 0 Å². The molecule has 2 amide bonds. The van der Waals surface area contributed by atoms with Crippen LogP contribution >= 0.6 is 0 Å². The Bertz CT molecular complexity index is 445. The van der Waals surface area contributed by atoms with Crippen molar-refractivity contribution in [1.82, 2.24) is 10.6 Å². The minimum atomic E-state index is -0.296. The van der Waals surface area contributed by atoms with Crippen molar-refractivity contribution in [3.63, 3.8) is 0 Å². The van der Waals surface area contributed by atoms with Gasteiger partial charge in [-0.05, 0) is 24.1 Å². The minimum Gasteiger partial charge on any atom is -0.497 e. The van der Waals surface area contributed by atoms with E-state index in [1.165, 1.54) is 0 Å². The fourth-order valence-electron chi connectivity index (χ4n) is 1.66. The second-order valence-electron chi connectivity index (χ2n) is 4.50. The van der Waals surface area contributed by atoms with Crippen LogP contribution in [0.1, 0.15) is 18.4 Å². The topological polar surface area (TPSA) is 76.7 Å². The minimum absolute atomic E-state index is 0.164. The zero-order chi connectivity index (χ0) is 15.5. The van der Waals surface area contributed by atoms with Crippen LogP contribution in [0.3, 0.4) is 0 Å². The molecule has 21 heavy (non-hydrogen) atoms. The lowest BCUT2D eigenvalue weighted by atomic mass is 10.2. The molecular formula is C15H22N2O4. The molecule has 0 aliphatic rings. The van der Waals surface area contributed by atoms with E-state index in [9.17, 15) is 9.59 Å². The number of carbonyl (C=O) groups excluding carboxylic acids is 2. The predicted molar refractivity (Wildman–Crippen MR) is 79.0 cm³/mol. The van der Waals surface area contributed by atoms with E-state index in [4.69, 9.17) is 9.47 Å². The van der Waals surface area contributed by atoms with Crippen LogP contribution in [0.15, 0.2) is 24.3 Å². The molecular weight excluding hydrogens is 272 g/mol. The highest BCUT2D eigenvalue weighted by Crippen LogP contribution is 2.10. The Balaban J connectivity index is 2.22. The lowest BCUT2D eigenvalue weighted by molar-refractivity contribution is -0.129. The number of hydrogen-bond acceptors (Lipinski definition) is 4. The molecule has 2 N–H and O–H groups in total. The van der Waals surface area contributed by atoms with Crippen LogP contribution in [0.2, 0.25) is 0 Å². The van der Waals surface area contributed by atoms with Crippen LogP contribution < -0.4 is 15.4 Å². The van der Waals surface area contributed by atoms with E-state index in [2.05, 4.69) is 10.6 Å². The Labute approximate surface area is 124 Å². The summed E-state index contributed by atoms with van der Waals surface area (Å²) in [6, 6.07) is 7.38. The smallest absolute Gasteiger partial charge is 0.229 e. The second-order valence-corrected chi connectivity index (χ2v) is 4.50. The van der Waals surface area contributed by atoms with E-state index in [0.29, 0.717) is 19.7 Å². The van der Waals surface area contributed by atoms with Crippen LogP contribution in [0.5, 0.6) is 5.75 Å². The van der Waals surface area contributed by atoms with E-state index in [-0.39, 0.29) is 18.2 Å². The van der Waals surface area contributed by atoms with E-state index in [0.717, 1.165) is 17.7 Å². The standard InChI is InChI=1S/C15H22N2O4/c1-20-9-3-8-16-14(18)10-15(19)17-11-12-4-6-13(21-2)7-5-12/h4-7H,3,8-11H2,1-2H3,(H,16,18)(H,17,19). The summed E-state index contributed by atoms with van der Waals surface area (Å²) in [7, 11) is 3.20. The average Bonchev–Trinajstić information content (AvgIpc) is 2.50. The third-order valence-corrected chi connectivity index (χ3v) is 2.82. The normalized spacial score (nSPS) is 10.0. The number of amides is 2. The Kier molecular flexibility index (Phi) is 7.89. The largest absolute Gasteiger partial charge is 0.497 e. The van der Waals surface area contributed by atoms with Crippen LogP contribution in [-0.2, 0) is 20.9 Å². The molecule has 6 heteroatoms. The summed E-state index contributed by atoms with van der Waals surface area (Å²) in [6.07, 6.45) is 0.568. The van der Waals surface area contributed by atoms with E-state index >= 15 is 0 Å². The van der Waals surface area contributed by atoms with Crippen molar-refractivity contribution in [2.75, 3.05) is 27.4 Å². The van der Waals surface area contributed by atoms with Gasteiger partial charge in [0.2, 0.25) is 11.8 Å². The number of ether oxygens (including phenoxy) is 2. The fraction of sp³-hybridized carbons (Fsp3) is 0.467. The van der Waals surface area contributed by atoms with Gasteiger partial charge in [-0.15, -0.1) is 0 Å². The summed E-state index contributed by atoms with van der Waals surface area (Å²) < 4.78 is 9.92. The van der Waals surface area contributed by atoms with Crippen molar-refractivity contribution in [2.45, 2.75) is 19.4 Å². The number of benzene rings is 1. The van der Waals surface area contributed by atoms with E-state index in [1.54, 1.807) is 14.2 Å². The van der Waals surface area contributed by atoms with Gasteiger partial charge in [-0.1, -0.05) is 12.1 Å². The second kappa shape index (κ2) is 9.77. The lowest BCUT2D eigenvalue weighted by Crippen LogP contribution is -2.32. The zero-order valence-corrected chi connectivity index (χ0v) is 12.5. The first-order chi connectivity index (χ1) is 10.2. The molecule has 0 aliphatic carbocycles. The summed E-state index contributed by atoms with van der Waals surface area (Å²) in [4.78, 5) is 23.1. The number of rotatable bonds is 9. The Morgan fingerprint density at radius 3 is 2.33 bits per heavy atom. The number of hydrogen-bond donors (Lipinski definition) is 2. The Morgan fingerprint density at radius 1 is 1.05 bits per heavy atom. The molecule has 0 atom stereocenters. The molecule has 1 aromatic rings. The van der Waals surface area contributed by atoms with Crippen molar-refractivity contribution in [1.29, 1.82) is 0 Å². The highest BCUT2D eigenvalue weighted by Gasteiger charge is 2.08. The predicted octanol–water partition coefficient (Wildman–Crippen LogP) is 0.854. The van der Waals surface area contributed by atoms with Gasteiger partial charge in [0, 0.05) is 26.8 Å². The average molecular weight is 294 g/mol. The van der Waals surface area contributed by atoms with Crippen LogP contribution in [0.4, 0.5) is 0 Å². The summed E-state index contributed by atoms with van der Waals surface area (Å²) in [6.45, 7) is 1.49. The SMILES string of the molecule is COCCCNC(=O)CC(=O)NCc1ccc(OC)cc1. The molecule has 0 heterocycles. The van der Waals surface area contributed by atoms with Gasteiger partial charge in [-0.3, -0.25) is 9.59 Å². The highest BCUT2D eigenvalue weighted by molar-refractivity contribution is 5.96. The first-order valence-electron chi connectivity index (χ1n) is 6.81. The Hall–Kier alpha value is -2.08. The van der Waals surface area contributed by atoms with Gasteiger partial charge in [0.05, 0.1) is 7.11 Å². The molecule has 0 aliphatic heterocycles. The number of methoxy groups -OCH3 is 2. The maximum absolute atomic E-state index is 11.6. The summed E-state index contributed by atoms with van der Waals surface area (Å²) in [5.74, 6) is 0.189.